The Labute approximate surface area is 118 Å². The molecule has 1 atom stereocenters. The van der Waals surface area contributed by atoms with Gasteiger partial charge in [-0.1, -0.05) is 19.9 Å². The molecule has 0 bridgehead atoms. The van der Waals surface area contributed by atoms with Crippen molar-refractivity contribution in [2.75, 3.05) is 6.54 Å². The maximum absolute atomic E-state index is 12.1. The number of amides is 2. The molecule has 0 fully saturated rings. The summed E-state index contributed by atoms with van der Waals surface area (Å²) in [6.07, 6.45) is -4.48. The largest absolute Gasteiger partial charge is 0.405 e. The fourth-order valence-corrected chi connectivity index (χ4v) is 2.08. The van der Waals surface area contributed by atoms with Gasteiger partial charge in [0.05, 0.1) is 4.88 Å². The molecule has 0 saturated carbocycles. The van der Waals surface area contributed by atoms with Crippen molar-refractivity contribution in [2.45, 2.75) is 26.1 Å². The lowest BCUT2D eigenvalue weighted by Gasteiger charge is -2.21. The Morgan fingerprint density at radius 3 is 2.45 bits per heavy atom. The molecule has 4 nitrogen and oxygen atoms in total. The minimum Gasteiger partial charge on any atom is -0.345 e. The normalized spacial score (nSPS) is 13.1. The second-order valence-corrected chi connectivity index (χ2v) is 5.45. The molecule has 20 heavy (non-hydrogen) atoms. The standard InChI is InChI=1S/C12H15F3N2O2S/c1-7(2)9(11(19)16-6-12(13,14)15)17-10(18)8-4-3-5-20-8/h3-5,7,9H,6H2,1-2H3,(H,16,19)(H,17,18). The van der Waals surface area contributed by atoms with Gasteiger partial charge in [0, 0.05) is 0 Å². The summed E-state index contributed by atoms with van der Waals surface area (Å²) in [6, 6.07) is 2.24. The Balaban J connectivity index is 2.65. The number of carbonyl (C=O) groups is 2. The summed E-state index contributed by atoms with van der Waals surface area (Å²) in [7, 11) is 0. The predicted octanol–water partition coefficient (Wildman–Crippen LogP) is 2.18. The van der Waals surface area contributed by atoms with Gasteiger partial charge in [-0.15, -0.1) is 11.3 Å². The molecule has 0 saturated heterocycles. The average Bonchev–Trinajstić information content (AvgIpc) is 2.85. The van der Waals surface area contributed by atoms with Crippen molar-refractivity contribution in [1.82, 2.24) is 10.6 Å². The van der Waals surface area contributed by atoms with Gasteiger partial charge in [-0.3, -0.25) is 9.59 Å². The van der Waals surface area contributed by atoms with Crippen LogP contribution in [0.2, 0.25) is 0 Å². The number of halogens is 3. The molecule has 1 aromatic heterocycles. The molecule has 1 rings (SSSR count). The fourth-order valence-electron chi connectivity index (χ4n) is 1.45. The first-order valence-corrected chi connectivity index (χ1v) is 6.77. The molecular weight excluding hydrogens is 293 g/mol. The van der Waals surface area contributed by atoms with Gasteiger partial charge in [-0.2, -0.15) is 13.2 Å². The van der Waals surface area contributed by atoms with Crippen LogP contribution in [0.3, 0.4) is 0 Å². The second-order valence-electron chi connectivity index (χ2n) is 4.51. The maximum atomic E-state index is 12.1. The molecule has 0 aliphatic rings. The van der Waals surface area contributed by atoms with Crippen molar-refractivity contribution in [1.29, 1.82) is 0 Å². The molecule has 1 unspecified atom stereocenters. The quantitative estimate of drug-likeness (QED) is 0.876. The summed E-state index contributed by atoms with van der Waals surface area (Å²) in [4.78, 5) is 23.9. The highest BCUT2D eigenvalue weighted by atomic mass is 32.1. The molecule has 2 N–H and O–H groups in total. The first kappa shape index (κ1) is 16.5. The SMILES string of the molecule is CC(C)C(NC(=O)c1cccs1)C(=O)NCC(F)(F)F. The first-order chi connectivity index (χ1) is 9.20. The van der Waals surface area contributed by atoms with E-state index in [4.69, 9.17) is 0 Å². The van der Waals surface area contributed by atoms with Crippen LogP contribution in [0.5, 0.6) is 0 Å². The van der Waals surface area contributed by atoms with Crippen molar-refractivity contribution in [3.63, 3.8) is 0 Å². The van der Waals surface area contributed by atoms with Gasteiger partial charge >= 0.3 is 6.18 Å². The van der Waals surface area contributed by atoms with Gasteiger partial charge in [0.1, 0.15) is 12.6 Å². The molecule has 0 spiro atoms. The molecule has 0 aliphatic carbocycles. The van der Waals surface area contributed by atoms with E-state index in [9.17, 15) is 22.8 Å². The first-order valence-electron chi connectivity index (χ1n) is 5.89. The molecule has 2 amide bonds. The zero-order chi connectivity index (χ0) is 15.3. The third-order valence-corrected chi connectivity index (χ3v) is 3.31. The summed E-state index contributed by atoms with van der Waals surface area (Å²) in [6.45, 7) is 1.88. The van der Waals surface area contributed by atoms with E-state index in [0.717, 1.165) is 0 Å². The van der Waals surface area contributed by atoms with Crippen LogP contribution in [0, 0.1) is 5.92 Å². The molecule has 0 radical (unpaired) electrons. The lowest BCUT2D eigenvalue weighted by molar-refractivity contribution is -0.140. The number of carbonyl (C=O) groups excluding carboxylic acids is 2. The minimum atomic E-state index is -4.48. The number of rotatable bonds is 5. The van der Waals surface area contributed by atoms with E-state index in [1.165, 1.54) is 11.3 Å². The van der Waals surface area contributed by atoms with Crippen molar-refractivity contribution in [3.05, 3.63) is 22.4 Å². The van der Waals surface area contributed by atoms with Gasteiger partial charge in [0.25, 0.3) is 5.91 Å². The van der Waals surface area contributed by atoms with Crippen LogP contribution in [0.15, 0.2) is 17.5 Å². The van der Waals surface area contributed by atoms with Crippen molar-refractivity contribution in [3.8, 4) is 0 Å². The summed E-state index contributed by atoms with van der Waals surface area (Å²) < 4.78 is 36.2. The Bertz CT molecular complexity index is 458. The Kier molecular flexibility index (Phi) is 5.55. The van der Waals surface area contributed by atoms with Gasteiger partial charge in [0.15, 0.2) is 0 Å². The van der Waals surface area contributed by atoms with Crippen molar-refractivity contribution >= 4 is 23.2 Å². The Morgan fingerprint density at radius 1 is 1.35 bits per heavy atom. The highest BCUT2D eigenvalue weighted by Crippen LogP contribution is 2.13. The minimum absolute atomic E-state index is 0.327. The van der Waals surface area contributed by atoms with Crippen LogP contribution in [0.4, 0.5) is 13.2 Å². The Hall–Kier alpha value is -1.57. The Morgan fingerprint density at radius 2 is 2.00 bits per heavy atom. The average molecular weight is 308 g/mol. The van der Waals surface area contributed by atoms with Crippen molar-refractivity contribution in [2.24, 2.45) is 5.92 Å². The van der Waals surface area contributed by atoms with E-state index in [0.29, 0.717) is 4.88 Å². The second kappa shape index (κ2) is 6.74. The van der Waals surface area contributed by atoms with Gasteiger partial charge in [0.2, 0.25) is 5.91 Å². The molecule has 1 aromatic rings. The molecular formula is C12H15F3N2O2S. The molecule has 0 aromatic carbocycles. The number of hydrogen-bond acceptors (Lipinski definition) is 3. The summed E-state index contributed by atoms with van der Waals surface area (Å²) in [5.74, 6) is -1.64. The highest BCUT2D eigenvalue weighted by molar-refractivity contribution is 7.12. The number of nitrogens with one attached hydrogen (secondary N) is 2. The smallest absolute Gasteiger partial charge is 0.345 e. The number of alkyl halides is 3. The monoisotopic (exact) mass is 308 g/mol. The zero-order valence-electron chi connectivity index (χ0n) is 11.0. The molecule has 112 valence electrons. The van der Waals surface area contributed by atoms with Crippen molar-refractivity contribution < 1.29 is 22.8 Å². The predicted molar refractivity (Wildman–Crippen MR) is 69.5 cm³/mol. The van der Waals surface area contributed by atoms with E-state index in [1.54, 1.807) is 36.7 Å². The van der Waals surface area contributed by atoms with Crippen LogP contribution >= 0.6 is 11.3 Å². The van der Waals surface area contributed by atoms with Crippen LogP contribution in [0.1, 0.15) is 23.5 Å². The van der Waals surface area contributed by atoms with Gasteiger partial charge < -0.3 is 10.6 Å². The molecule has 0 aliphatic heterocycles. The van der Waals surface area contributed by atoms with E-state index >= 15 is 0 Å². The van der Waals surface area contributed by atoms with Gasteiger partial charge in [-0.25, -0.2) is 0 Å². The van der Waals surface area contributed by atoms with Crippen LogP contribution in [0.25, 0.3) is 0 Å². The molecule has 8 heteroatoms. The number of thiophene rings is 1. The highest BCUT2D eigenvalue weighted by Gasteiger charge is 2.31. The molecule has 1 heterocycles. The van der Waals surface area contributed by atoms with Crippen LogP contribution < -0.4 is 10.6 Å². The fraction of sp³-hybridized carbons (Fsp3) is 0.500. The van der Waals surface area contributed by atoms with E-state index < -0.39 is 30.6 Å². The zero-order valence-corrected chi connectivity index (χ0v) is 11.8. The third-order valence-electron chi connectivity index (χ3n) is 2.44. The van der Waals surface area contributed by atoms with E-state index in [-0.39, 0.29) is 5.92 Å². The van der Waals surface area contributed by atoms with Gasteiger partial charge in [-0.05, 0) is 17.4 Å². The maximum Gasteiger partial charge on any atom is 0.405 e. The topological polar surface area (TPSA) is 58.2 Å². The summed E-state index contributed by atoms with van der Waals surface area (Å²) >= 11 is 1.19. The lowest BCUT2D eigenvalue weighted by atomic mass is 10.0. The lowest BCUT2D eigenvalue weighted by Crippen LogP contribution is -2.51. The van der Waals surface area contributed by atoms with Crippen LogP contribution in [-0.4, -0.2) is 30.6 Å². The van der Waals surface area contributed by atoms with E-state index in [1.807, 2.05) is 0 Å². The summed E-state index contributed by atoms with van der Waals surface area (Å²) in [5, 5.41) is 5.92. The van der Waals surface area contributed by atoms with E-state index in [2.05, 4.69) is 5.32 Å². The van der Waals surface area contributed by atoms with Crippen LogP contribution in [-0.2, 0) is 4.79 Å². The number of hydrogen-bond donors (Lipinski definition) is 2. The summed E-state index contributed by atoms with van der Waals surface area (Å²) in [5.41, 5.74) is 0. The third kappa shape index (κ3) is 5.20.